The molecule has 3 aromatic carbocycles. The fourth-order valence-corrected chi connectivity index (χ4v) is 6.05. The van der Waals surface area contributed by atoms with Gasteiger partial charge in [-0.2, -0.15) is 0 Å². The highest BCUT2D eigenvalue weighted by molar-refractivity contribution is 5.94. The third kappa shape index (κ3) is 5.72. The van der Waals surface area contributed by atoms with E-state index in [9.17, 15) is 19.1 Å². The van der Waals surface area contributed by atoms with Gasteiger partial charge in [-0.05, 0) is 71.5 Å². The molecule has 1 fully saturated rings. The van der Waals surface area contributed by atoms with E-state index in [0.717, 1.165) is 27.9 Å². The predicted molar refractivity (Wildman–Crippen MR) is 155 cm³/mol. The molecule has 5 rings (SSSR count). The minimum Gasteiger partial charge on any atom is -0.481 e. The quantitative estimate of drug-likeness (QED) is 0.370. The van der Waals surface area contributed by atoms with Crippen molar-refractivity contribution in [2.24, 2.45) is 5.92 Å². The summed E-state index contributed by atoms with van der Waals surface area (Å²) >= 11 is 0. The van der Waals surface area contributed by atoms with Crippen LogP contribution in [-0.2, 0) is 22.4 Å². The first-order valence-electron chi connectivity index (χ1n) is 13.9. The van der Waals surface area contributed by atoms with E-state index in [2.05, 4.69) is 5.32 Å². The van der Waals surface area contributed by atoms with Crippen molar-refractivity contribution in [2.75, 3.05) is 44.2 Å². The number of carboxylic acids is 1. The number of ether oxygens (including phenoxy) is 2. The highest BCUT2D eigenvalue weighted by Crippen LogP contribution is 2.47. The number of nitrogens with zero attached hydrogens (tertiary/aromatic N) is 2. The van der Waals surface area contributed by atoms with E-state index in [1.807, 2.05) is 74.1 Å². The molecule has 8 nitrogen and oxygen atoms in total. The molecule has 2 N–H and O–H groups in total. The van der Waals surface area contributed by atoms with E-state index >= 15 is 0 Å². The molecule has 3 atom stereocenters. The lowest BCUT2D eigenvalue weighted by Gasteiger charge is -2.27. The number of aryl methyl sites for hydroxylation is 2. The largest absolute Gasteiger partial charge is 0.481 e. The summed E-state index contributed by atoms with van der Waals surface area (Å²) in [4.78, 5) is 30.3. The number of carbonyl (C=O) groups excluding carboxylic acids is 1. The minimum atomic E-state index is -0.933. The number of nitrogens with one attached hydrogen (secondary N) is 1. The minimum absolute atomic E-state index is 0.0192. The molecule has 1 amide bonds. The summed E-state index contributed by atoms with van der Waals surface area (Å²) in [6, 6.07) is 15.7. The Hall–Kier alpha value is -4.11. The van der Waals surface area contributed by atoms with Gasteiger partial charge in [-0.1, -0.05) is 32.0 Å². The smallest absolute Gasteiger partial charge is 0.309 e. The number of anilines is 2. The zero-order chi connectivity index (χ0) is 29.3. The van der Waals surface area contributed by atoms with Crippen molar-refractivity contribution >= 4 is 23.3 Å². The molecule has 2 aliphatic heterocycles. The Morgan fingerprint density at radius 1 is 0.976 bits per heavy atom. The molecule has 1 unspecified atom stereocenters. The van der Waals surface area contributed by atoms with Crippen LogP contribution >= 0.6 is 0 Å². The summed E-state index contributed by atoms with van der Waals surface area (Å²) in [7, 11) is 3.89. The molecule has 0 bridgehead atoms. The van der Waals surface area contributed by atoms with Crippen LogP contribution < -0.4 is 19.7 Å². The fourth-order valence-electron chi connectivity index (χ4n) is 6.05. The first-order valence-corrected chi connectivity index (χ1v) is 13.9. The van der Waals surface area contributed by atoms with Crippen LogP contribution in [0.1, 0.15) is 48.1 Å². The first kappa shape index (κ1) is 28.4. The van der Waals surface area contributed by atoms with Gasteiger partial charge in [0.05, 0.1) is 12.5 Å². The number of carboxylic acid groups (broad SMARTS) is 1. The van der Waals surface area contributed by atoms with Crippen molar-refractivity contribution in [1.29, 1.82) is 0 Å². The topological polar surface area (TPSA) is 91.3 Å². The van der Waals surface area contributed by atoms with Crippen LogP contribution in [0.25, 0.3) is 0 Å². The van der Waals surface area contributed by atoms with E-state index in [1.54, 1.807) is 6.07 Å². The molecule has 2 heterocycles. The lowest BCUT2D eigenvalue weighted by atomic mass is 9.82. The maximum absolute atomic E-state index is 14.2. The Morgan fingerprint density at radius 2 is 1.61 bits per heavy atom. The molecule has 2 aliphatic rings. The van der Waals surface area contributed by atoms with E-state index in [0.29, 0.717) is 36.6 Å². The van der Waals surface area contributed by atoms with Crippen LogP contribution in [0.3, 0.4) is 0 Å². The van der Waals surface area contributed by atoms with Gasteiger partial charge in [-0.3, -0.25) is 14.5 Å². The zero-order valence-corrected chi connectivity index (χ0v) is 23.8. The number of benzene rings is 3. The van der Waals surface area contributed by atoms with Gasteiger partial charge in [0, 0.05) is 44.0 Å². The number of hydrogen-bond donors (Lipinski definition) is 2. The molecule has 216 valence electrons. The zero-order valence-electron chi connectivity index (χ0n) is 23.8. The van der Waals surface area contributed by atoms with Gasteiger partial charge in [0.1, 0.15) is 5.82 Å². The maximum atomic E-state index is 14.2. The van der Waals surface area contributed by atoms with Gasteiger partial charge in [0.25, 0.3) is 0 Å². The molecule has 0 saturated carbocycles. The molecule has 1 saturated heterocycles. The third-order valence-corrected chi connectivity index (χ3v) is 8.10. The van der Waals surface area contributed by atoms with Gasteiger partial charge in [0.15, 0.2) is 11.5 Å². The first-order chi connectivity index (χ1) is 19.7. The maximum Gasteiger partial charge on any atom is 0.309 e. The predicted octanol–water partition coefficient (Wildman–Crippen LogP) is 5.23. The molecule has 9 heteroatoms. The van der Waals surface area contributed by atoms with Gasteiger partial charge in [-0.25, -0.2) is 4.39 Å². The highest BCUT2D eigenvalue weighted by Gasteiger charge is 2.48. The summed E-state index contributed by atoms with van der Waals surface area (Å²) < 4.78 is 25.2. The summed E-state index contributed by atoms with van der Waals surface area (Å²) in [6.07, 6.45) is 1.14. The Balaban J connectivity index is 1.49. The number of rotatable bonds is 9. The Labute approximate surface area is 239 Å². The second kappa shape index (κ2) is 11.8. The number of carbonyl (C=O) groups is 2. The Bertz CT molecular complexity index is 1420. The fraction of sp³-hybridized carbons (Fsp3) is 0.375. The van der Waals surface area contributed by atoms with Crippen LogP contribution in [0.2, 0.25) is 0 Å². The molecular formula is C32H36FN3O5. The summed E-state index contributed by atoms with van der Waals surface area (Å²) in [5.74, 6) is -1.51. The number of fused-ring (bicyclic) bond motifs is 1. The molecule has 41 heavy (non-hydrogen) atoms. The second-order valence-electron chi connectivity index (χ2n) is 10.8. The SMILES string of the molecule is CCc1cc(F)cc(CC)c1NC(=O)CN1C[C@H](c2ccc3c(c2)OCO3)C(C(=O)O)[C@@H]1c1ccc(N(C)C)cc1. The van der Waals surface area contributed by atoms with Gasteiger partial charge in [-0.15, -0.1) is 0 Å². The van der Waals surface area contributed by atoms with Crippen molar-refractivity contribution in [2.45, 2.75) is 38.6 Å². The molecular weight excluding hydrogens is 525 g/mol. The summed E-state index contributed by atoms with van der Waals surface area (Å²) in [6.45, 7) is 4.31. The van der Waals surface area contributed by atoms with Crippen LogP contribution in [0, 0.1) is 11.7 Å². The standard InChI is InChI=1S/C32H36FN3O5/c1-5-19-13-23(33)14-20(6-2)30(19)34-28(37)17-36-16-25(22-9-12-26-27(15-22)41-18-40-26)29(32(38)39)31(36)21-7-10-24(11-8-21)35(3)4/h7-15,25,29,31H,5-6,16-18H2,1-4H3,(H,34,37)(H,38,39)/t25-,29?,31+/m1/s1. The van der Waals surface area contributed by atoms with Crippen molar-refractivity contribution in [3.8, 4) is 11.5 Å². The van der Waals surface area contributed by atoms with Crippen LogP contribution in [0.4, 0.5) is 15.8 Å². The molecule has 0 spiro atoms. The lowest BCUT2D eigenvalue weighted by molar-refractivity contribution is -0.143. The number of amides is 1. The Kier molecular flexibility index (Phi) is 8.17. The van der Waals surface area contributed by atoms with Crippen LogP contribution in [-0.4, -0.2) is 55.9 Å². The van der Waals surface area contributed by atoms with Gasteiger partial charge >= 0.3 is 5.97 Å². The van der Waals surface area contributed by atoms with E-state index in [4.69, 9.17) is 9.47 Å². The van der Waals surface area contributed by atoms with Crippen molar-refractivity contribution in [3.63, 3.8) is 0 Å². The van der Waals surface area contributed by atoms with Gasteiger partial charge < -0.3 is 24.8 Å². The average Bonchev–Trinajstić information content (AvgIpc) is 3.58. The average molecular weight is 562 g/mol. The molecule has 3 aromatic rings. The van der Waals surface area contributed by atoms with Gasteiger partial charge in [0.2, 0.25) is 12.7 Å². The molecule has 0 radical (unpaired) electrons. The summed E-state index contributed by atoms with van der Waals surface area (Å²) in [5.41, 5.74) is 4.73. The third-order valence-electron chi connectivity index (χ3n) is 8.10. The highest BCUT2D eigenvalue weighted by atomic mass is 19.1. The number of aliphatic carboxylic acids is 1. The summed E-state index contributed by atoms with van der Waals surface area (Å²) in [5, 5.41) is 13.6. The van der Waals surface area contributed by atoms with E-state index < -0.39 is 23.8 Å². The number of likely N-dealkylation sites (tertiary alicyclic amines) is 1. The van der Waals surface area contributed by atoms with Crippen LogP contribution in [0.15, 0.2) is 54.6 Å². The van der Waals surface area contributed by atoms with Crippen molar-refractivity contribution < 1.29 is 28.6 Å². The van der Waals surface area contributed by atoms with E-state index in [1.165, 1.54) is 12.1 Å². The number of hydrogen-bond acceptors (Lipinski definition) is 6. The Morgan fingerprint density at radius 3 is 2.22 bits per heavy atom. The van der Waals surface area contributed by atoms with E-state index in [-0.39, 0.29) is 25.1 Å². The monoisotopic (exact) mass is 561 g/mol. The molecule has 0 aliphatic carbocycles. The number of halogens is 1. The molecule has 0 aromatic heterocycles. The van der Waals surface area contributed by atoms with Crippen LogP contribution in [0.5, 0.6) is 11.5 Å². The normalized spacial score (nSPS) is 19.8. The van der Waals surface area contributed by atoms with Crippen molar-refractivity contribution in [1.82, 2.24) is 4.90 Å². The van der Waals surface area contributed by atoms with Crippen molar-refractivity contribution in [3.05, 3.63) is 82.7 Å². The lowest BCUT2D eigenvalue weighted by Crippen LogP contribution is -2.35. The second-order valence-corrected chi connectivity index (χ2v) is 10.8.